The van der Waals surface area contributed by atoms with E-state index in [4.69, 9.17) is 27.5 Å². The number of rotatable bonds is 3. The predicted octanol–water partition coefficient (Wildman–Crippen LogP) is 4.25. The van der Waals surface area contributed by atoms with Crippen LogP contribution >= 0.6 is 23.2 Å². The lowest BCUT2D eigenvalue weighted by Gasteiger charge is -2.25. The fourth-order valence-electron chi connectivity index (χ4n) is 2.57. The van der Waals surface area contributed by atoms with E-state index in [9.17, 15) is 8.42 Å². The molecular formula is C15H15Cl2NO3S. The predicted molar refractivity (Wildman–Crippen MR) is 87.7 cm³/mol. The first kappa shape index (κ1) is 16.0. The zero-order valence-corrected chi connectivity index (χ0v) is 14.1. The van der Waals surface area contributed by atoms with Crippen molar-refractivity contribution in [2.45, 2.75) is 24.2 Å². The molecule has 0 N–H and O–H groups in total. The highest BCUT2D eigenvalue weighted by molar-refractivity contribution is 7.86. The zero-order chi connectivity index (χ0) is 15.7. The van der Waals surface area contributed by atoms with Crippen LogP contribution in [-0.2, 0) is 14.4 Å². The van der Waals surface area contributed by atoms with Crippen LogP contribution in [-0.4, -0.2) is 26.6 Å². The molecule has 1 saturated heterocycles. The average molecular weight is 360 g/mol. The molecule has 0 spiro atoms. The summed E-state index contributed by atoms with van der Waals surface area (Å²) in [6.07, 6.45) is 2.92. The fourth-order valence-corrected chi connectivity index (χ4v) is 4.51. The van der Waals surface area contributed by atoms with Gasteiger partial charge in [-0.25, -0.2) is 0 Å². The molecule has 0 saturated carbocycles. The van der Waals surface area contributed by atoms with Gasteiger partial charge >= 0.3 is 10.1 Å². The van der Waals surface area contributed by atoms with E-state index >= 15 is 0 Å². The smallest absolute Gasteiger partial charge is 0.192 e. The monoisotopic (exact) mass is 359 g/mol. The molecule has 2 aromatic carbocycles. The molecule has 4 nitrogen and oxygen atoms in total. The zero-order valence-electron chi connectivity index (χ0n) is 11.8. The lowest BCUT2D eigenvalue weighted by atomic mass is 10.1. The van der Waals surface area contributed by atoms with Gasteiger partial charge in [-0.3, -0.25) is 0 Å². The van der Waals surface area contributed by atoms with E-state index in [0.29, 0.717) is 28.9 Å². The molecule has 7 heteroatoms. The maximum Gasteiger partial charge on any atom is 0.314 e. The summed E-state index contributed by atoms with van der Waals surface area (Å²) in [5, 5.41) is 3.25. The molecule has 118 valence electrons. The third kappa shape index (κ3) is 3.09. The first-order chi connectivity index (χ1) is 10.5. The standard InChI is InChI=1S/C15H15Cl2NO3S/c16-13-10-14(15(17)12-7-3-2-6-11(12)13)22(19,20)21-18-8-4-1-5-9-18/h2-3,6-7,10H,1,4-5,8-9H2. The molecule has 0 aromatic heterocycles. The largest absolute Gasteiger partial charge is 0.314 e. The molecule has 0 atom stereocenters. The second-order valence-corrected chi connectivity index (χ2v) is 7.52. The van der Waals surface area contributed by atoms with Gasteiger partial charge in [0.1, 0.15) is 4.90 Å². The molecule has 0 bridgehead atoms. The van der Waals surface area contributed by atoms with E-state index in [1.54, 1.807) is 18.2 Å². The van der Waals surface area contributed by atoms with E-state index in [2.05, 4.69) is 0 Å². The van der Waals surface area contributed by atoms with Crippen LogP contribution in [0.1, 0.15) is 19.3 Å². The molecule has 2 aromatic rings. The quantitative estimate of drug-likeness (QED) is 0.821. The van der Waals surface area contributed by atoms with Gasteiger partial charge in [0.25, 0.3) is 0 Å². The second kappa shape index (κ2) is 6.34. The Morgan fingerprint density at radius 1 is 1.00 bits per heavy atom. The maximum absolute atomic E-state index is 12.5. The van der Waals surface area contributed by atoms with Crippen LogP contribution in [0.3, 0.4) is 0 Å². The minimum absolute atomic E-state index is 0.0940. The highest BCUT2D eigenvalue weighted by Crippen LogP contribution is 2.36. The minimum Gasteiger partial charge on any atom is -0.192 e. The topological polar surface area (TPSA) is 46.6 Å². The van der Waals surface area contributed by atoms with Crippen molar-refractivity contribution in [2.24, 2.45) is 0 Å². The third-order valence-corrected chi connectivity index (χ3v) is 5.78. The van der Waals surface area contributed by atoms with Crippen LogP contribution in [0.2, 0.25) is 10.0 Å². The van der Waals surface area contributed by atoms with Crippen molar-refractivity contribution >= 4 is 44.1 Å². The average Bonchev–Trinajstić information content (AvgIpc) is 2.51. The summed E-state index contributed by atoms with van der Waals surface area (Å²) in [4.78, 5) is -0.0940. The van der Waals surface area contributed by atoms with Gasteiger partial charge in [0, 0.05) is 28.9 Å². The SMILES string of the molecule is O=S(=O)(ON1CCCCC1)c1cc(Cl)c2ccccc2c1Cl. The van der Waals surface area contributed by atoms with Gasteiger partial charge in [-0.2, -0.15) is 17.8 Å². The highest BCUT2D eigenvalue weighted by Gasteiger charge is 2.26. The van der Waals surface area contributed by atoms with Gasteiger partial charge in [-0.1, -0.05) is 53.9 Å². The molecule has 1 aliphatic rings. The lowest BCUT2D eigenvalue weighted by molar-refractivity contribution is -0.0654. The molecule has 0 amide bonds. The first-order valence-electron chi connectivity index (χ1n) is 7.05. The van der Waals surface area contributed by atoms with Crippen molar-refractivity contribution in [3.63, 3.8) is 0 Å². The molecule has 3 rings (SSSR count). The Morgan fingerprint density at radius 3 is 2.32 bits per heavy atom. The molecule has 0 unspecified atom stereocenters. The highest BCUT2D eigenvalue weighted by atomic mass is 35.5. The summed E-state index contributed by atoms with van der Waals surface area (Å²) in [6, 6.07) is 8.50. The minimum atomic E-state index is -4.00. The molecule has 1 aliphatic heterocycles. The van der Waals surface area contributed by atoms with Crippen molar-refractivity contribution in [3.8, 4) is 0 Å². The number of piperidine rings is 1. The molecule has 1 fully saturated rings. The van der Waals surface area contributed by atoms with Gasteiger partial charge in [0.05, 0.1) is 5.02 Å². The van der Waals surface area contributed by atoms with Crippen molar-refractivity contribution in [3.05, 3.63) is 40.4 Å². The second-order valence-electron chi connectivity index (χ2n) is 5.23. The molecule has 1 heterocycles. The summed E-state index contributed by atoms with van der Waals surface area (Å²) in [6.45, 7) is 1.19. The van der Waals surface area contributed by atoms with E-state index < -0.39 is 10.1 Å². The Labute approximate surface area is 139 Å². The van der Waals surface area contributed by atoms with Crippen molar-refractivity contribution in [2.75, 3.05) is 13.1 Å². The van der Waals surface area contributed by atoms with E-state index in [1.165, 1.54) is 11.1 Å². The third-order valence-electron chi connectivity index (χ3n) is 3.68. The first-order valence-corrected chi connectivity index (χ1v) is 9.22. The van der Waals surface area contributed by atoms with Crippen LogP contribution in [0.5, 0.6) is 0 Å². The summed E-state index contributed by atoms with van der Waals surface area (Å²) in [5.41, 5.74) is 0. The summed E-state index contributed by atoms with van der Waals surface area (Å²) < 4.78 is 30.2. The summed E-state index contributed by atoms with van der Waals surface area (Å²) in [5.74, 6) is 0. The van der Waals surface area contributed by atoms with E-state index in [1.807, 2.05) is 6.07 Å². The van der Waals surface area contributed by atoms with Crippen LogP contribution < -0.4 is 0 Å². The van der Waals surface area contributed by atoms with Gasteiger partial charge in [0.2, 0.25) is 0 Å². The van der Waals surface area contributed by atoms with Crippen molar-refractivity contribution in [1.82, 2.24) is 5.06 Å². The fraction of sp³-hybridized carbons (Fsp3) is 0.333. The number of hydroxylamine groups is 2. The number of halogens is 2. The molecule has 22 heavy (non-hydrogen) atoms. The summed E-state index contributed by atoms with van der Waals surface area (Å²) in [7, 11) is -4.00. The number of nitrogens with zero attached hydrogens (tertiary/aromatic N) is 1. The normalized spacial score (nSPS) is 17.0. The molecule has 0 aliphatic carbocycles. The van der Waals surface area contributed by atoms with Gasteiger partial charge in [-0.15, -0.1) is 0 Å². The summed E-state index contributed by atoms with van der Waals surface area (Å²) >= 11 is 12.5. The van der Waals surface area contributed by atoms with Crippen LogP contribution in [0.4, 0.5) is 0 Å². The molecular weight excluding hydrogens is 345 g/mol. The van der Waals surface area contributed by atoms with Crippen LogP contribution in [0.15, 0.2) is 35.2 Å². The van der Waals surface area contributed by atoms with Gasteiger partial charge in [-0.05, 0) is 18.9 Å². The van der Waals surface area contributed by atoms with Crippen LogP contribution in [0, 0.1) is 0 Å². The van der Waals surface area contributed by atoms with Gasteiger partial charge < -0.3 is 0 Å². The van der Waals surface area contributed by atoms with E-state index in [0.717, 1.165) is 19.3 Å². The Kier molecular flexibility index (Phi) is 4.61. The Balaban J connectivity index is 2.03. The van der Waals surface area contributed by atoms with E-state index in [-0.39, 0.29) is 9.92 Å². The van der Waals surface area contributed by atoms with Crippen molar-refractivity contribution in [1.29, 1.82) is 0 Å². The Morgan fingerprint density at radius 2 is 1.64 bits per heavy atom. The molecule has 0 radical (unpaired) electrons. The Bertz CT molecular complexity index is 802. The van der Waals surface area contributed by atoms with Gasteiger partial charge in [0.15, 0.2) is 0 Å². The number of hydrogen-bond donors (Lipinski definition) is 0. The Hall–Kier alpha value is -0.850. The van der Waals surface area contributed by atoms with Crippen molar-refractivity contribution < 1.29 is 12.7 Å². The lowest BCUT2D eigenvalue weighted by Crippen LogP contribution is -2.32. The number of benzene rings is 2. The maximum atomic E-state index is 12.5. The number of fused-ring (bicyclic) bond motifs is 1. The number of hydrogen-bond acceptors (Lipinski definition) is 4. The van der Waals surface area contributed by atoms with Crippen LogP contribution in [0.25, 0.3) is 10.8 Å².